The third-order valence-corrected chi connectivity index (χ3v) is 9.33. The van der Waals surface area contributed by atoms with Crippen LogP contribution in [-0.4, -0.2) is 24.5 Å². The molecule has 0 rings (SSSR count). The van der Waals surface area contributed by atoms with E-state index < -0.39 is 7.41 Å². The maximum absolute atomic E-state index is 3.60. The van der Waals surface area contributed by atoms with Crippen molar-refractivity contribution < 1.29 is 0 Å². The van der Waals surface area contributed by atoms with Crippen molar-refractivity contribution in [2.75, 3.05) is 13.2 Å². The molecular weight excluding hydrogens is 153 g/mol. The summed E-state index contributed by atoms with van der Waals surface area (Å²) in [4.78, 5) is 0. The van der Waals surface area contributed by atoms with E-state index in [0.717, 1.165) is 11.3 Å². The number of hydrogen-bond acceptors (Lipinski definition) is 1. The standard InChI is InChI=1S/C9H24NP/c1-7-11(10-6,8(2)3)9(4)5/h8-11H,7H2,1-6H3. The minimum absolute atomic E-state index is 0.845. The van der Waals surface area contributed by atoms with Crippen LogP contribution in [0.4, 0.5) is 0 Å². The van der Waals surface area contributed by atoms with Crippen LogP contribution in [0.1, 0.15) is 34.6 Å². The zero-order valence-corrected chi connectivity index (χ0v) is 9.86. The molecule has 0 atom stereocenters. The van der Waals surface area contributed by atoms with E-state index in [9.17, 15) is 0 Å². The van der Waals surface area contributed by atoms with E-state index in [4.69, 9.17) is 0 Å². The van der Waals surface area contributed by atoms with Crippen molar-refractivity contribution in [1.29, 1.82) is 0 Å². The molecular formula is C9H24NP. The molecule has 1 nitrogen and oxygen atoms in total. The van der Waals surface area contributed by atoms with Crippen LogP contribution in [0.5, 0.6) is 0 Å². The summed E-state index contributed by atoms with van der Waals surface area (Å²) in [5.41, 5.74) is 1.69. The van der Waals surface area contributed by atoms with Gasteiger partial charge in [-0.25, -0.2) is 0 Å². The summed E-state index contributed by atoms with van der Waals surface area (Å²) in [6.07, 6.45) is 1.35. The monoisotopic (exact) mass is 177 g/mol. The van der Waals surface area contributed by atoms with E-state index in [0.29, 0.717) is 0 Å². The Labute approximate surface area is 72.3 Å². The van der Waals surface area contributed by atoms with Crippen molar-refractivity contribution in [2.24, 2.45) is 0 Å². The van der Waals surface area contributed by atoms with Crippen molar-refractivity contribution in [1.82, 2.24) is 5.09 Å². The van der Waals surface area contributed by atoms with Crippen LogP contribution < -0.4 is 5.09 Å². The Morgan fingerprint density at radius 1 is 1.09 bits per heavy atom. The van der Waals surface area contributed by atoms with E-state index in [1.807, 2.05) is 0 Å². The zero-order chi connectivity index (χ0) is 9.07. The fourth-order valence-corrected chi connectivity index (χ4v) is 6.71. The van der Waals surface area contributed by atoms with Gasteiger partial charge in [-0.1, -0.05) is 0 Å². The molecule has 0 fully saturated rings. The molecule has 70 valence electrons. The Kier molecular flexibility index (Phi) is 4.58. The molecule has 0 aliphatic rings. The van der Waals surface area contributed by atoms with Gasteiger partial charge < -0.3 is 0 Å². The first kappa shape index (κ1) is 11.4. The molecule has 0 unspecified atom stereocenters. The van der Waals surface area contributed by atoms with Gasteiger partial charge in [0, 0.05) is 0 Å². The quantitative estimate of drug-likeness (QED) is 0.651. The molecule has 0 bridgehead atoms. The summed E-state index contributed by atoms with van der Waals surface area (Å²) >= 11 is 0. The second-order valence-corrected chi connectivity index (χ2v) is 9.55. The molecule has 11 heavy (non-hydrogen) atoms. The van der Waals surface area contributed by atoms with E-state index >= 15 is 0 Å². The number of nitrogens with one attached hydrogen (secondary N) is 1. The third-order valence-electron chi connectivity index (χ3n) is 3.11. The first-order chi connectivity index (χ1) is 5.01. The predicted octanol–water partition coefficient (Wildman–Crippen LogP) is 2.71. The Hall–Kier alpha value is 0.390. The Bertz CT molecular complexity index is 96.1. The summed E-state index contributed by atoms with van der Waals surface area (Å²) in [7, 11) is 0.986. The van der Waals surface area contributed by atoms with Gasteiger partial charge in [0.1, 0.15) is 0 Å². The summed E-state index contributed by atoms with van der Waals surface area (Å²) in [5, 5.41) is 3.60. The molecule has 2 heteroatoms. The van der Waals surface area contributed by atoms with Gasteiger partial charge in [-0.05, 0) is 0 Å². The SMILES string of the molecule is CC[PH](NC)(C(C)C)C(C)C. The average Bonchev–Trinajstić information content (AvgIpc) is 1.90. The zero-order valence-electron chi connectivity index (χ0n) is 8.86. The van der Waals surface area contributed by atoms with Crippen LogP contribution in [0.15, 0.2) is 0 Å². The van der Waals surface area contributed by atoms with Crippen LogP contribution in [0.25, 0.3) is 0 Å². The van der Waals surface area contributed by atoms with Gasteiger partial charge >= 0.3 is 71.6 Å². The Morgan fingerprint density at radius 2 is 1.45 bits per heavy atom. The van der Waals surface area contributed by atoms with Crippen LogP contribution in [0.3, 0.4) is 0 Å². The van der Waals surface area contributed by atoms with E-state index in [2.05, 4.69) is 46.8 Å². The van der Waals surface area contributed by atoms with Crippen molar-refractivity contribution in [2.45, 2.75) is 45.9 Å². The fourth-order valence-electron chi connectivity index (χ4n) is 2.24. The third kappa shape index (κ3) is 2.16. The van der Waals surface area contributed by atoms with E-state index in [1.54, 1.807) is 0 Å². The topological polar surface area (TPSA) is 12.0 Å². The van der Waals surface area contributed by atoms with Gasteiger partial charge in [0.2, 0.25) is 0 Å². The summed E-state index contributed by atoms with van der Waals surface area (Å²) in [5.74, 6) is 0. The first-order valence-electron chi connectivity index (χ1n) is 4.70. The molecule has 0 amide bonds. The molecule has 0 heterocycles. The van der Waals surface area contributed by atoms with Crippen LogP contribution in [0, 0.1) is 0 Å². The molecule has 0 aromatic carbocycles. The van der Waals surface area contributed by atoms with Gasteiger partial charge in [-0.3, -0.25) is 0 Å². The summed E-state index contributed by atoms with van der Waals surface area (Å²) < 4.78 is 0. The molecule has 0 radical (unpaired) electrons. The van der Waals surface area contributed by atoms with Gasteiger partial charge in [-0.2, -0.15) is 0 Å². The second-order valence-electron chi connectivity index (χ2n) is 3.95. The number of hydrogen-bond donors (Lipinski definition) is 1. The average molecular weight is 177 g/mol. The van der Waals surface area contributed by atoms with Crippen molar-refractivity contribution >= 4 is 7.41 Å². The molecule has 0 saturated carbocycles. The van der Waals surface area contributed by atoms with Crippen LogP contribution >= 0.6 is 7.41 Å². The second kappa shape index (κ2) is 4.42. The molecule has 0 spiro atoms. The van der Waals surface area contributed by atoms with Gasteiger partial charge in [-0.15, -0.1) is 0 Å². The van der Waals surface area contributed by atoms with Crippen molar-refractivity contribution in [3.63, 3.8) is 0 Å². The first-order valence-corrected chi connectivity index (χ1v) is 7.06. The number of rotatable bonds is 4. The Morgan fingerprint density at radius 3 is 1.45 bits per heavy atom. The fraction of sp³-hybridized carbons (Fsp3) is 1.00. The minimum atomic E-state index is -1.15. The molecule has 1 N–H and O–H groups in total. The van der Waals surface area contributed by atoms with E-state index in [-0.39, 0.29) is 0 Å². The predicted molar refractivity (Wildman–Crippen MR) is 58.2 cm³/mol. The van der Waals surface area contributed by atoms with Crippen molar-refractivity contribution in [3.8, 4) is 0 Å². The van der Waals surface area contributed by atoms with Gasteiger partial charge in [0.15, 0.2) is 0 Å². The van der Waals surface area contributed by atoms with Crippen LogP contribution in [0.2, 0.25) is 0 Å². The molecule has 0 aromatic heterocycles. The summed E-state index contributed by atoms with van der Waals surface area (Å²) in [6.45, 7) is 11.7. The maximum atomic E-state index is 3.60. The summed E-state index contributed by atoms with van der Waals surface area (Å²) in [6, 6.07) is 0. The molecule has 0 aliphatic carbocycles. The molecule has 0 saturated heterocycles. The van der Waals surface area contributed by atoms with Gasteiger partial charge in [0.05, 0.1) is 0 Å². The molecule has 0 aromatic rings. The normalized spacial score (nSPS) is 14.5. The van der Waals surface area contributed by atoms with E-state index in [1.165, 1.54) is 6.16 Å². The van der Waals surface area contributed by atoms with Gasteiger partial charge in [0.25, 0.3) is 0 Å². The van der Waals surface area contributed by atoms with Crippen molar-refractivity contribution in [3.05, 3.63) is 0 Å². The molecule has 0 aliphatic heterocycles. The van der Waals surface area contributed by atoms with Crippen LogP contribution in [-0.2, 0) is 0 Å². The Balaban J connectivity index is 4.46.